The zero-order valence-corrected chi connectivity index (χ0v) is 17.2. The second kappa shape index (κ2) is 7.95. The summed E-state index contributed by atoms with van der Waals surface area (Å²) in [6.45, 7) is 3.43. The van der Waals surface area contributed by atoms with E-state index in [1.807, 2.05) is 49.7 Å². The molecule has 1 amide bonds. The van der Waals surface area contributed by atoms with Gasteiger partial charge in [-0.2, -0.15) is 0 Å². The van der Waals surface area contributed by atoms with Crippen molar-refractivity contribution in [3.8, 4) is 0 Å². The number of hydrogen-bond donors (Lipinski definition) is 0. The quantitative estimate of drug-likeness (QED) is 0.686. The average Bonchev–Trinajstić information content (AvgIpc) is 3.19. The minimum atomic E-state index is -3.12. The van der Waals surface area contributed by atoms with Crippen molar-refractivity contribution in [2.45, 2.75) is 38.8 Å². The summed E-state index contributed by atoms with van der Waals surface area (Å²) in [5.74, 6) is -0.855. The molecule has 2 aromatic rings. The van der Waals surface area contributed by atoms with Gasteiger partial charge in [-0.25, -0.2) is 13.2 Å². The van der Waals surface area contributed by atoms with E-state index in [1.165, 1.54) is 0 Å². The Balaban J connectivity index is 1.72. The fraction of sp³-hybridized carbons (Fsp3) is 0.500. The van der Waals surface area contributed by atoms with E-state index in [1.54, 1.807) is 11.1 Å². The maximum absolute atomic E-state index is 12.8. The second-order valence-corrected chi connectivity index (χ2v) is 9.59. The van der Waals surface area contributed by atoms with Gasteiger partial charge in [-0.3, -0.25) is 4.79 Å². The number of carbonyl (C=O) groups is 2. The van der Waals surface area contributed by atoms with E-state index in [2.05, 4.69) is 0 Å². The van der Waals surface area contributed by atoms with Crippen LogP contribution in [0.25, 0.3) is 10.9 Å². The smallest absolute Gasteiger partial charge is 0.340 e. The van der Waals surface area contributed by atoms with Crippen LogP contribution in [-0.4, -0.2) is 60.0 Å². The molecule has 0 unspecified atom stereocenters. The van der Waals surface area contributed by atoms with E-state index >= 15 is 0 Å². The van der Waals surface area contributed by atoms with Gasteiger partial charge in [-0.05, 0) is 25.8 Å². The lowest BCUT2D eigenvalue weighted by Gasteiger charge is -2.33. The number of carbonyl (C=O) groups excluding carboxylic acids is 2. The zero-order valence-electron chi connectivity index (χ0n) is 16.4. The summed E-state index contributed by atoms with van der Waals surface area (Å²) in [4.78, 5) is 26.9. The molecule has 7 nitrogen and oxygen atoms in total. The van der Waals surface area contributed by atoms with E-state index in [9.17, 15) is 18.0 Å². The first kappa shape index (κ1) is 20.4. The maximum Gasteiger partial charge on any atom is 0.340 e. The number of aryl methyl sites for hydroxylation is 1. The molecule has 1 aromatic heterocycles. The molecule has 1 saturated heterocycles. The van der Waals surface area contributed by atoms with Crippen molar-refractivity contribution in [3.63, 3.8) is 0 Å². The molecule has 28 heavy (non-hydrogen) atoms. The van der Waals surface area contributed by atoms with Gasteiger partial charge in [0.1, 0.15) is 0 Å². The van der Waals surface area contributed by atoms with Gasteiger partial charge >= 0.3 is 5.97 Å². The van der Waals surface area contributed by atoms with Gasteiger partial charge in [0.05, 0.1) is 17.1 Å². The summed E-state index contributed by atoms with van der Waals surface area (Å²) in [5, 5.41) is 0.767. The molecule has 0 radical (unpaired) electrons. The molecule has 1 aromatic carbocycles. The molecule has 0 saturated carbocycles. The summed E-state index contributed by atoms with van der Waals surface area (Å²) < 4.78 is 30.8. The number of aromatic nitrogens is 1. The Kier molecular flexibility index (Phi) is 5.79. The first-order valence-electron chi connectivity index (χ1n) is 9.46. The topological polar surface area (TPSA) is 85.7 Å². The van der Waals surface area contributed by atoms with Crippen LogP contribution in [0.2, 0.25) is 0 Å². The predicted molar refractivity (Wildman–Crippen MR) is 107 cm³/mol. The monoisotopic (exact) mass is 406 g/mol. The van der Waals surface area contributed by atoms with Gasteiger partial charge in [0.2, 0.25) is 0 Å². The van der Waals surface area contributed by atoms with Gasteiger partial charge in [-0.1, -0.05) is 25.1 Å². The Morgan fingerprint density at radius 3 is 2.68 bits per heavy atom. The van der Waals surface area contributed by atoms with Crippen molar-refractivity contribution in [3.05, 3.63) is 36.0 Å². The zero-order chi connectivity index (χ0) is 20.5. The highest BCUT2D eigenvalue weighted by molar-refractivity contribution is 7.91. The van der Waals surface area contributed by atoms with Crippen molar-refractivity contribution < 1.29 is 22.7 Å². The fourth-order valence-electron chi connectivity index (χ4n) is 3.78. The maximum atomic E-state index is 12.8. The number of rotatable bonds is 6. The largest absolute Gasteiger partial charge is 0.452 e. The van der Waals surface area contributed by atoms with Crippen molar-refractivity contribution in [1.29, 1.82) is 0 Å². The van der Waals surface area contributed by atoms with Crippen LogP contribution < -0.4 is 0 Å². The van der Waals surface area contributed by atoms with Crippen LogP contribution in [0.3, 0.4) is 0 Å². The molecule has 0 N–H and O–H groups in total. The summed E-state index contributed by atoms with van der Waals surface area (Å²) in [5.41, 5.74) is 1.31. The minimum Gasteiger partial charge on any atom is -0.452 e. The Labute approximate surface area is 165 Å². The fourth-order valence-corrected chi connectivity index (χ4v) is 5.50. The summed E-state index contributed by atoms with van der Waals surface area (Å²) in [6, 6.07) is 6.99. The Morgan fingerprint density at radius 1 is 1.32 bits per heavy atom. The van der Waals surface area contributed by atoms with Crippen LogP contribution >= 0.6 is 0 Å². The minimum absolute atomic E-state index is 0.0274. The number of hydrogen-bond acceptors (Lipinski definition) is 5. The molecular formula is C20H26N2O5S. The number of amides is 1. The molecule has 152 valence electrons. The van der Waals surface area contributed by atoms with Crippen molar-refractivity contribution in [2.75, 3.05) is 18.1 Å². The van der Waals surface area contributed by atoms with Gasteiger partial charge in [-0.15, -0.1) is 0 Å². The molecule has 3 rings (SSSR count). The molecule has 0 bridgehead atoms. The van der Waals surface area contributed by atoms with Gasteiger partial charge in [0.25, 0.3) is 5.91 Å². The first-order valence-corrected chi connectivity index (χ1v) is 11.3. The lowest BCUT2D eigenvalue weighted by atomic mass is 10.1. The second-order valence-electron chi connectivity index (χ2n) is 7.36. The summed E-state index contributed by atoms with van der Waals surface area (Å²) >= 11 is 0. The SMILES string of the molecule is CC[C@@H](C)N(C(=O)COC(=O)c1cn(C)c2ccccc12)[C@@H]1CCS(=O)(=O)C1. The molecule has 2 atom stereocenters. The number of ether oxygens (including phenoxy) is 1. The molecule has 0 spiro atoms. The highest BCUT2D eigenvalue weighted by atomic mass is 32.2. The van der Waals surface area contributed by atoms with Crippen LogP contribution in [0.15, 0.2) is 30.5 Å². The van der Waals surface area contributed by atoms with E-state index in [4.69, 9.17) is 4.74 Å². The molecular weight excluding hydrogens is 380 g/mol. The third-order valence-electron chi connectivity index (χ3n) is 5.40. The Morgan fingerprint density at radius 2 is 2.04 bits per heavy atom. The van der Waals surface area contributed by atoms with E-state index in [-0.39, 0.29) is 29.5 Å². The van der Waals surface area contributed by atoms with Crippen LogP contribution in [0.1, 0.15) is 37.0 Å². The van der Waals surface area contributed by atoms with Crippen LogP contribution in [0, 0.1) is 0 Å². The Hall–Kier alpha value is -2.35. The number of benzene rings is 1. The van der Waals surface area contributed by atoms with Crippen molar-refractivity contribution >= 4 is 32.6 Å². The molecule has 1 fully saturated rings. The number of fused-ring (bicyclic) bond motifs is 1. The van der Waals surface area contributed by atoms with Crippen LogP contribution in [0.5, 0.6) is 0 Å². The van der Waals surface area contributed by atoms with E-state index in [0.29, 0.717) is 18.4 Å². The van der Waals surface area contributed by atoms with Crippen LogP contribution in [-0.2, 0) is 26.4 Å². The number of sulfone groups is 1. The molecule has 2 heterocycles. The van der Waals surface area contributed by atoms with Crippen LogP contribution in [0.4, 0.5) is 0 Å². The highest BCUT2D eigenvalue weighted by Crippen LogP contribution is 2.23. The first-order chi connectivity index (χ1) is 13.2. The van der Waals surface area contributed by atoms with Crippen molar-refractivity contribution in [2.24, 2.45) is 7.05 Å². The van der Waals surface area contributed by atoms with E-state index in [0.717, 1.165) is 10.9 Å². The number of esters is 1. The standard InChI is InChI=1S/C20H26N2O5S/c1-4-14(2)22(15-9-10-28(25,26)13-15)19(23)12-27-20(24)17-11-21(3)18-8-6-5-7-16(17)18/h5-8,11,14-15H,4,9-10,12-13H2,1-3H3/t14-,15-/m1/s1. The Bertz CT molecular complexity index is 995. The summed E-state index contributed by atoms with van der Waals surface area (Å²) in [7, 11) is -1.27. The van der Waals surface area contributed by atoms with Gasteiger partial charge in [0, 0.05) is 36.2 Å². The number of nitrogens with zero attached hydrogens (tertiary/aromatic N) is 2. The normalized spacial score (nSPS) is 19.5. The average molecular weight is 407 g/mol. The summed E-state index contributed by atoms with van der Waals surface area (Å²) in [6.07, 6.45) is 2.81. The predicted octanol–water partition coefficient (Wildman–Crippen LogP) is 2.15. The molecule has 1 aliphatic rings. The highest BCUT2D eigenvalue weighted by Gasteiger charge is 2.36. The lowest BCUT2D eigenvalue weighted by molar-refractivity contribution is -0.138. The van der Waals surface area contributed by atoms with E-state index < -0.39 is 22.4 Å². The third-order valence-corrected chi connectivity index (χ3v) is 7.15. The van der Waals surface area contributed by atoms with Crippen molar-refractivity contribution in [1.82, 2.24) is 9.47 Å². The lowest BCUT2D eigenvalue weighted by Crippen LogP contribution is -2.48. The molecule has 1 aliphatic heterocycles. The van der Waals surface area contributed by atoms with Gasteiger partial charge < -0.3 is 14.2 Å². The third kappa shape index (κ3) is 4.06. The van der Waals surface area contributed by atoms with Gasteiger partial charge in [0.15, 0.2) is 16.4 Å². The number of para-hydroxylation sites is 1. The molecule has 0 aliphatic carbocycles. The molecule has 8 heteroatoms.